The Morgan fingerprint density at radius 3 is 2.81 bits per heavy atom. The number of nitrogens with zero attached hydrogens (tertiary/aromatic N) is 3. The van der Waals surface area contributed by atoms with Gasteiger partial charge in [-0.1, -0.05) is 0 Å². The first-order valence-electron chi connectivity index (χ1n) is 8.46. The molecule has 1 aromatic heterocycles. The lowest BCUT2D eigenvalue weighted by Gasteiger charge is -2.42. The van der Waals surface area contributed by atoms with Gasteiger partial charge in [-0.05, 0) is 19.4 Å². The predicted molar refractivity (Wildman–Crippen MR) is 89.3 cm³/mol. The molecule has 146 valence electrons. The SMILES string of the molecule is CCOC(=O)Cc1ccc[n+](CC(=O)N2CC[C@@H]3[C@H]2C(=O)N3S(=O)(=O)O)c1. The number of fused-ring (bicyclic) bond motifs is 1. The van der Waals surface area contributed by atoms with Gasteiger partial charge in [-0.15, -0.1) is 0 Å². The number of ether oxygens (including phenoxy) is 1. The first-order chi connectivity index (χ1) is 12.7. The van der Waals surface area contributed by atoms with Crippen molar-refractivity contribution in [1.82, 2.24) is 9.21 Å². The fourth-order valence-corrected chi connectivity index (χ4v) is 4.40. The van der Waals surface area contributed by atoms with Crippen LogP contribution in [-0.4, -0.2) is 65.2 Å². The molecule has 0 radical (unpaired) electrons. The van der Waals surface area contributed by atoms with Crippen molar-refractivity contribution >= 4 is 28.1 Å². The van der Waals surface area contributed by atoms with Crippen LogP contribution in [0.25, 0.3) is 0 Å². The summed E-state index contributed by atoms with van der Waals surface area (Å²) >= 11 is 0. The standard InChI is InChI=1S/C16H19N3O7S/c1-2-26-14(21)8-11-4-3-6-17(9-11)10-13(20)18-7-5-12-15(18)16(22)19(12)27(23,24)25/h3-4,6,9,12,15H,2,5,7-8,10H2,1H3/p+1/t12-,15+/m1/s1. The molecule has 2 aliphatic heterocycles. The average molecular weight is 398 g/mol. The van der Waals surface area contributed by atoms with Gasteiger partial charge in [0.25, 0.3) is 11.8 Å². The topological polar surface area (TPSA) is 125 Å². The number of aromatic nitrogens is 1. The molecule has 27 heavy (non-hydrogen) atoms. The fraction of sp³-hybridized carbons (Fsp3) is 0.500. The third-order valence-electron chi connectivity index (χ3n) is 4.60. The van der Waals surface area contributed by atoms with Gasteiger partial charge in [0.1, 0.15) is 6.04 Å². The first kappa shape index (κ1) is 19.2. The van der Waals surface area contributed by atoms with Gasteiger partial charge in [-0.3, -0.25) is 18.9 Å². The molecule has 2 atom stereocenters. The average Bonchev–Trinajstić information content (AvgIpc) is 2.92. The Morgan fingerprint density at radius 2 is 2.15 bits per heavy atom. The maximum Gasteiger partial charge on any atom is 0.362 e. The van der Waals surface area contributed by atoms with Crippen LogP contribution in [0.2, 0.25) is 0 Å². The predicted octanol–water partition coefficient (Wildman–Crippen LogP) is -1.31. The molecule has 0 spiro atoms. The summed E-state index contributed by atoms with van der Waals surface area (Å²) in [6, 6.07) is 1.87. The second-order valence-corrected chi connectivity index (χ2v) is 7.66. The number of amides is 2. The van der Waals surface area contributed by atoms with E-state index in [2.05, 4.69) is 0 Å². The van der Waals surface area contributed by atoms with E-state index in [0.29, 0.717) is 9.87 Å². The molecule has 1 aromatic rings. The molecule has 0 bridgehead atoms. The third kappa shape index (κ3) is 3.78. The summed E-state index contributed by atoms with van der Waals surface area (Å²) < 4.78 is 38.4. The number of hydrogen-bond acceptors (Lipinski definition) is 6. The monoisotopic (exact) mass is 398 g/mol. The summed E-state index contributed by atoms with van der Waals surface area (Å²) in [5.41, 5.74) is 0.681. The Morgan fingerprint density at radius 1 is 1.41 bits per heavy atom. The van der Waals surface area contributed by atoms with Crippen LogP contribution in [0.15, 0.2) is 24.5 Å². The minimum Gasteiger partial charge on any atom is -0.466 e. The van der Waals surface area contributed by atoms with Crippen LogP contribution in [0.4, 0.5) is 0 Å². The summed E-state index contributed by atoms with van der Waals surface area (Å²) in [4.78, 5) is 37.5. The highest BCUT2D eigenvalue weighted by molar-refractivity contribution is 7.84. The van der Waals surface area contributed by atoms with E-state index in [1.54, 1.807) is 36.0 Å². The summed E-state index contributed by atoms with van der Waals surface area (Å²) in [6.45, 7) is 2.18. The molecule has 10 nitrogen and oxygen atoms in total. The highest BCUT2D eigenvalue weighted by Gasteiger charge is 2.60. The Kier molecular flexibility index (Phi) is 5.16. The van der Waals surface area contributed by atoms with Crippen LogP contribution in [0.3, 0.4) is 0 Å². The zero-order chi connectivity index (χ0) is 19.8. The molecule has 3 heterocycles. The summed E-state index contributed by atoms with van der Waals surface area (Å²) in [5.74, 6) is -1.51. The Balaban J connectivity index is 1.65. The van der Waals surface area contributed by atoms with Crippen molar-refractivity contribution in [1.29, 1.82) is 0 Å². The first-order valence-corrected chi connectivity index (χ1v) is 9.86. The lowest BCUT2D eigenvalue weighted by atomic mass is 10.0. The van der Waals surface area contributed by atoms with Gasteiger partial charge in [-0.25, -0.2) is 4.31 Å². The van der Waals surface area contributed by atoms with E-state index in [9.17, 15) is 22.8 Å². The maximum absolute atomic E-state index is 12.6. The molecule has 1 N–H and O–H groups in total. The Bertz CT molecular complexity index is 886. The van der Waals surface area contributed by atoms with E-state index < -0.39 is 28.3 Å². The highest BCUT2D eigenvalue weighted by atomic mass is 32.2. The number of hydrogen-bond donors (Lipinski definition) is 1. The van der Waals surface area contributed by atoms with Crippen LogP contribution in [0.5, 0.6) is 0 Å². The Hall–Kier alpha value is -2.53. The van der Waals surface area contributed by atoms with Crippen molar-refractivity contribution in [2.75, 3.05) is 13.2 Å². The third-order valence-corrected chi connectivity index (χ3v) is 5.55. The molecule has 2 aliphatic rings. The van der Waals surface area contributed by atoms with E-state index >= 15 is 0 Å². The molecule has 3 rings (SSSR count). The van der Waals surface area contributed by atoms with Crippen LogP contribution in [-0.2, 0) is 42.4 Å². The minimum absolute atomic E-state index is 0.0565. The molecule has 0 unspecified atom stereocenters. The van der Waals surface area contributed by atoms with Gasteiger partial charge in [0.2, 0.25) is 6.54 Å². The van der Waals surface area contributed by atoms with E-state index in [-0.39, 0.29) is 44.4 Å². The number of rotatable bonds is 6. The number of likely N-dealkylation sites (tertiary alicyclic amines) is 1. The fourth-order valence-electron chi connectivity index (χ4n) is 3.50. The highest BCUT2D eigenvalue weighted by Crippen LogP contribution is 2.35. The molecule has 0 aliphatic carbocycles. The zero-order valence-electron chi connectivity index (χ0n) is 14.6. The number of esters is 1. The second kappa shape index (κ2) is 7.24. The molecule has 0 saturated carbocycles. The lowest BCUT2D eigenvalue weighted by molar-refractivity contribution is -0.685. The number of carbonyl (C=O) groups is 3. The lowest BCUT2D eigenvalue weighted by Crippen LogP contribution is -2.68. The van der Waals surface area contributed by atoms with Crippen molar-refractivity contribution in [2.24, 2.45) is 0 Å². The van der Waals surface area contributed by atoms with Crippen molar-refractivity contribution in [2.45, 2.75) is 38.4 Å². The van der Waals surface area contributed by atoms with Crippen molar-refractivity contribution in [3.8, 4) is 0 Å². The summed E-state index contributed by atoms with van der Waals surface area (Å²) in [5, 5.41) is 0. The van der Waals surface area contributed by atoms with E-state index in [1.165, 1.54) is 4.90 Å². The number of carbonyl (C=O) groups excluding carboxylic acids is 3. The smallest absolute Gasteiger partial charge is 0.362 e. The normalized spacial score (nSPS) is 21.6. The van der Waals surface area contributed by atoms with Gasteiger partial charge in [0.15, 0.2) is 12.4 Å². The van der Waals surface area contributed by atoms with Gasteiger partial charge in [-0.2, -0.15) is 13.0 Å². The van der Waals surface area contributed by atoms with Gasteiger partial charge >= 0.3 is 16.3 Å². The molecule has 2 fully saturated rings. The van der Waals surface area contributed by atoms with Crippen LogP contribution in [0.1, 0.15) is 18.9 Å². The zero-order valence-corrected chi connectivity index (χ0v) is 15.5. The molecule has 2 saturated heterocycles. The number of pyridine rings is 1. The van der Waals surface area contributed by atoms with Crippen LogP contribution < -0.4 is 4.57 Å². The quantitative estimate of drug-likeness (QED) is 0.273. The molecule has 0 aromatic carbocycles. The molecule has 2 amide bonds. The number of β-lactam (4-membered cyclic amide) rings is 1. The van der Waals surface area contributed by atoms with Crippen molar-refractivity contribution in [3.63, 3.8) is 0 Å². The minimum atomic E-state index is -4.60. The van der Waals surface area contributed by atoms with Gasteiger partial charge in [0.05, 0.1) is 19.1 Å². The van der Waals surface area contributed by atoms with Crippen molar-refractivity contribution < 1.29 is 36.7 Å². The summed E-state index contributed by atoms with van der Waals surface area (Å²) in [6.07, 6.45) is 3.68. The van der Waals surface area contributed by atoms with E-state index in [1.807, 2.05) is 0 Å². The molecular formula is C16H20N3O7S+. The van der Waals surface area contributed by atoms with Gasteiger partial charge < -0.3 is 9.64 Å². The Labute approximate surface area is 156 Å². The summed E-state index contributed by atoms with van der Waals surface area (Å²) in [7, 11) is -4.60. The van der Waals surface area contributed by atoms with Crippen molar-refractivity contribution in [3.05, 3.63) is 30.1 Å². The van der Waals surface area contributed by atoms with E-state index in [4.69, 9.17) is 9.29 Å². The van der Waals surface area contributed by atoms with E-state index in [0.717, 1.165) is 0 Å². The van der Waals surface area contributed by atoms with Gasteiger partial charge in [0, 0.05) is 18.2 Å². The molecule has 11 heteroatoms. The van der Waals surface area contributed by atoms with Crippen LogP contribution >= 0.6 is 0 Å². The van der Waals surface area contributed by atoms with Crippen LogP contribution in [0, 0.1) is 0 Å². The largest absolute Gasteiger partial charge is 0.466 e. The second-order valence-electron chi connectivity index (χ2n) is 6.37. The maximum atomic E-state index is 12.6. The molecular weight excluding hydrogens is 378 g/mol.